The number of ketones is 1. The van der Waals surface area contributed by atoms with Gasteiger partial charge in [-0.3, -0.25) is 24.0 Å². The van der Waals surface area contributed by atoms with Crippen LogP contribution in [0, 0.1) is 11.8 Å². The van der Waals surface area contributed by atoms with E-state index in [0.717, 1.165) is 41.7 Å². The van der Waals surface area contributed by atoms with E-state index in [1.165, 1.54) is 22.9 Å². The second-order valence-corrected chi connectivity index (χ2v) is 17.6. The van der Waals surface area contributed by atoms with E-state index in [4.69, 9.17) is 18.9 Å². The van der Waals surface area contributed by atoms with Crippen LogP contribution in [-0.4, -0.2) is 48.1 Å². The van der Waals surface area contributed by atoms with E-state index in [2.05, 4.69) is 62.4 Å². The van der Waals surface area contributed by atoms with Gasteiger partial charge in [0.15, 0.2) is 5.78 Å². The van der Waals surface area contributed by atoms with Gasteiger partial charge in [-0.1, -0.05) is 75.2 Å². The number of carbonyl (C=O) groups excluding carboxylic acids is 5. The zero-order valence-corrected chi connectivity index (χ0v) is 36.5. The minimum absolute atomic E-state index is 0.163. The Morgan fingerprint density at radius 3 is 1.40 bits per heavy atom. The molecule has 0 atom stereocenters. The van der Waals surface area contributed by atoms with Crippen molar-refractivity contribution in [2.24, 2.45) is 11.8 Å². The first-order valence-corrected chi connectivity index (χ1v) is 23.2. The van der Waals surface area contributed by atoms with Crippen LogP contribution >= 0.6 is 11.8 Å². The summed E-state index contributed by atoms with van der Waals surface area (Å²) in [7, 11) is 0. The molecule has 0 aromatic heterocycles. The molecule has 0 saturated heterocycles. The summed E-state index contributed by atoms with van der Waals surface area (Å²) in [4.78, 5) is 67.0. The number of benzene rings is 3. The standard InChI is InChI=1S/C50H60O9S/c1-5-7-33-9-13-35(14-10-33)17-29-45(51)56-39-23-19-37(20-24-39)49(54)58-43-27-28-44(47-42(43)31-41(48(47)53)32(3)60-4)59-50(55)38-21-25-40(26-22-38)57-46(52)30-18-36-15-11-34(8-6-2)12-16-36/h9-16,27-28,37-40H,5-8,17-26,29-31H2,1-4H3/b41-32-. The molecule has 0 spiro atoms. The largest absolute Gasteiger partial charge is 0.462 e. The smallest absolute Gasteiger partial charge is 0.314 e. The number of allylic oxidation sites excluding steroid dienone is 2. The van der Waals surface area contributed by atoms with Gasteiger partial charge in [0.1, 0.15) is 23.7 Å². The van der Waals surface area contributed by atoms with Crippen molar-refractivity contribution in [1.29, 1.82) is 0 Å². The van der Waals surface area contributed by atoms with Gasteiger partial charge in [-0.2, -0.15) is 0 Å². The van der Waals surface area contributed by atoms with Gasteiger partial charge in [0, 0.05) is 30.4 Å². The molecule has 10 heteroatoms. The Morgan fingerprint density at radius 2 is 0.983 bits per heavy atom. The van der Waals surface area contributed by atoms with Crippen LogP contribution in [0.4, 0.5) is 0 Å². The quantitative estimate of drug-likeness (QED) is 0.0738. The van der Waals surface area contributed by atoms with E-state index in [-0.39, 0.29) is 59.6 Å². The predicted molar refractivity (Wildman–Crippen MR) is 233 cm³/mol. The molecule has 0 N–H and O–H groups in total. The number of rotatable bonds is 17. The highest BCUT2D eigenvalue weighted by Crippen LogP contribution is 2.43. The van der Waals surface area contributed by atoms with Gasteiger partial charge in [0.25, 0.3) is 0 Å². The number of hydrogen-bond acceptors (Lipinski definition) is 10. The molecule has 0 unspecified atom stereocenters. The highest BCUT2D eigenvalue weighted by Gasteiger charge is 2.37. The molecule has 0 heterocycles. The molecule has 3 aromatic rings. The summed E-state index contributed by atoms with van der Waals surface area (Å²) in [5.41, 5.74) is 6.19. The van der Waals surface area contributed by atoms with Crippen LogP contribution in [0.5, 0.6) is 11.5 Å². The first kappa shape index (κ1) is 44.8. The lowest BCUT2D eigenvalue weighted by Crippen LogP contribution is -2.30. The molecule has 0 bridgehead atoms. The molecule has 2 saturated carbocycles. The van der Waals surface area contributed by atoms with Crippen molar-refractivity contribution in [1.82, 2.24) is 0 Å². The zero-order valence-electron chi connectivity index (χ0n) is 35.7. The number of ether oxygens (including phenoxy) is 4. The maximum Gasteiger partial charge on any atom is 0.314 e. The molecule has 3 aromatic carbocycles. The molecule has 0 radical (unpaired) electrons. The lowest BCUT2D eigenvalue weighted by Gasteiger charge is -2.27. The highest BCUT2D eigenvalue weighted by molar-refractivity contribution is 8.02. The molecule has 2 fully saturated rings. The van der Waals surface area contributed by atoms with Crippen LogP contribution in [0.15, 0.2) is 71.1 Å². The van der Waals surface area contributed by atoms with Gasteiger partial charge < -0.3 is 18.9 Å². The summed E-state index contributed by atoms with van der Waals surface area (Å²) in [5, 5.41) is 0. The minimum Gasteiger partial charge on any atom is -0.462 e. The van der Waals surface area contributed by atoms with Crippen molar-refractivity contribution >= 4 is 41.4 Å². The Hall–Kier alpha value is -4.70. The number of thioether (sulfide) groups is 1. The predicted octanol–water partition coefficient (Wildman–Crippen LogP) is 10.2. The molecular formula is C50H60O9S. The number of carbonyl (C=O) groups is 5. The third-order valence-electron chi connectivity index (χ3n) is 12.2. The summed E-state index contributed by atoms with van der Waals surface area (Å²) in [6, 6.07) is 19.9. The van der Waals surface area contributed by atoms with Crippen LogP contribution in [0.3, 0.4) is 0 Å². The molecule has 0 amide bonds. The topological polar surface area (TPSA) is 122 Å². The fourth-order valence-corrected chi connectivity index (χ4v) is 8.96. The van der Waals surface area contributed by atoms with E-state index >= 15 is 0 Å². The number of fused-ring (bicyclic) bond motifs is 1. The van der Waals surface area contributed by atoms with Crippen molar-refractivity contribution in [3.05, 3.63) is 105 Å². The lowest BCUT2D eigenvalue weighted by molar-refractivity contribution is -0.153. The summed E-state index contributed by atoms with van der Waals surface area (Å²) in [5.74, 6) is -1.82. The average molecular weight is 837 g/mol. The summed E-state index contributed by atoms with van der Waals surface area (Å²) < 4.78 is 23.5. The summed E-state index contributed by atoms with van der Waals surface area (Å²) >= 11 is 1.47. The van der Waals surface area contributed by atoms with Crippen molar-refractivity contribution in [3.63, 3.8) is 0 Å². The van der Waals surface area contributed by atoms with Crippen LogP contribution in [-0.2, 0) is 60.8 Å². The van der Waals surface area contributed by atoms with E-state index < -0.39 is 11.9 Å². The zero-order chi connectivity index (χ0) is 42.6. The highest BCUT2D eigenvalue weighted by atomic mass is 32.2. The van der Waals surface area contributed by atoms with Gasteiger partial charge in [-0.25, -0.2) is 0 Å². The van der Waals surface area contributed by atoms with Crippen molar-refractivity contribution in [3.8, 4) is 11.5 Å². The van der Waals surface area contributed by atoms with Crippen LogP contribution in [0.25, 0.3) is 0 Å². The van der Waals surface area contributed by atoms with Crippen LogP contribution in [0.1, 0.15) is 136 Å². The average Bonchev–Trinajstić information content (AvgIpc) is 3.61. The Labute approximate surface area is 359 Å². The van der Waals surface area contributed by atoms with Gasteiger partial charge >= 0.3 is 23.9 Å². The number of esters is 4. The second-order valence-electron chi connectivity index (χ2n) is 16.6. The van der Waals surface area contributed by atoms with Crippen molar-refractivity contribution < 1.29 is 42.9 Å². The molecule has 320 valence electrons. The van der Waals surface area contributed by atoms with E-state index in [1.54, 1.807) is 12.1 Å². The van der Waals surface area contributed by atoms with Crippen LogP contribution < -0.4 is 9.47 Å². The first-order chi connectivity index (χ1) is 29.0. The number of aryl methyl sites for hydroxylation is 4. The molecule has 3 aliphatic rings. The Morgan fingerprint density at radius 1 is 0.583 bits per heavy atom. The molecule has 0 aliphatic heterocycles. The summed E-state index contributed by atoms with van der Waals surface area (Å²) in [6.45, 7) is 6.19. The van der Waals surface area contributed by atoms with Gasteiger partial charge in [0.05, 0.1) is 17.4 Å². The van der Waals surface area contributed by atoms with Crippen molar-refractivity contribution in [2.45, 2.75) is 142 Å². The summed E-state index contributed by atoms with van der Waals surface area (Å²) in [6.07, 6.45) is 12.1. The molecule has 6 rings (SSSR count). The van der Waals surface area contributed by atoms with Gasteiger partial charge in [-0.05, 0) is 130 Å². The lowest BCUT2D eigenvalue weighted by atomic mass is 9.87. The number of hydrogen-bond donors (Lipinski definition) is 0. The minimum atomic E-state index is -0.427. The van der Waals surface area contributed by atoms with Gasteiger partial charge in [0.2, 0.25) is 0 Å². The molecule has 9 nitrogen and oxygen atoms in total. The van der Waals surface area contributed by atoms with E-state index in [1.807, 2.05) is 13.2 Å². The Balaban J connectivity index is 0.990. The third-order valence-corrected chi connectivity index (χ3v) is 13.1. The third kappa shape index (κ3) is 12.0. The fourth-order valence-electron chi connectivity index (χ4n) is 8.55. The molecule has 3 aliphatic carbocycles. The fraction of sp³-hybridized carbons (Fsp3) is 0.500. The normalized spacial score (nSPS) is 20.8. The number of Topliss-reactive ketones (excluding diaryl/α,β-unsaturated/α-hetero) is 1. The first-order valence-electron chi connectivity index (χ1n) is 22.0. The monoisotopic (exact) mass is 836 g/mol. The van der Waals surface area contributed by atoms with Crippen molar-refractivity contribution in [2.75, 3.05) is 6.26 Å². The molecular weight excluding hydrogens is 777 g/mol. The Kier molecular flexibility index (Phi) is 16.2. The molecule has 60 heavy (non-hydrogen) atoms. The SMILES string of the molecule is CCCc1ccc(CCC(=O)OC2CCC(C(=O)Oc3ccc(OC(=O)C4CCC(OC(=O)CCc5ccc(CCC)cc5)CC4)c4c3C/C(=C(\C)SC)C4=O)CC2)cc1. The van der Waals surface area contributed by atoms with E-state index in [9.17, 15) is 24.0 Å². The van der Waals surface area contributed by atoms with Crippen LogP contribution in [0.2, 0.25) is 0 Å². The Bertz CT molecular complexity index is 2020. The maximum absolute atomic E-state index is 13.8. The van der Waals surface area contributed by atoms with Gasteiger partial charge in [-0.15, -0.1) is 11.8 Å². The second kappa shape index (κ2) is 21.7. The maximum atomic E-state index is 13.8. The van der Waals surface area contributed by atoms with E-state index in [0.29, 0.717) is 93.9 Å².